The van der Waals surface area contributed by atoms with Gasteiger partial charge in [0.05, 0.1) is 23.0 Å². The first kappa shape index (κ1) is 16.4. The van der Waals surface area contributed by atoms with E-state index in [-0.39, 0.29) is 22.7 Å². The summed E-state index contributed by atoms with van der Waals surface area (Å²) >= 11 is 1.64. The Bertz CT molecular complexity index is 845. The predicted octanol–water partition coefficient (Wildman–Crippen LogP) is 3.00. The molecule has 4 saturated carbocycles. The molecule has 1 aliphatic heterocycles. The standard InChI is InChI=1S/C20H21NO5S/c1-8(22)26-19-16-13-9-6-25-7-10(9)14(16)17-15(13)18(19)20(17)27-12-5-3-2-4-11(12)21(23)24/h2-5,9-10,13-20H,6-7H2,1H3. The van der Waals surface area contributed by atoms with E-state index in [2.05, 4.69) is 0 Å². The summed E-state index contributed by atoms with van der Waals surface area (Å²) in [7, 11) is 0. The van der Waals surface area contributed by atoms with Crippen molar-refractivity contribution in [1.29, 1.82) is 0 Å². The summed E-state index contributed by atoms with van der Waals surface area (Å²) in [5.41, 5.74) is 0.177. The largest absolute Gasteiger partial charge is 0.462 e. The predicted molar refractivity (Wildman–Crippen MR) is 97.0 cm³/mol. The van der Waals surface area contributed by atoms with E-state index in [1.165, 1.54) is 6.92 Å². The summed E-state index contributed by atoms with van der Waals surface area (Å²) in [6.45, 7) is 3.18. The number of ether oxygens (including phenoxy) is 2. The van der Waals surface area contributed by atoms with Gasteiger partial charge < -0.3 is 9.47 Å². The number of fused-ring (bicyclic) bond motifs is 3. The Morgan fingerprint density at radius 1 is 1.11 bits per heavy atom. The second kappa shape index (κ2) is 5.47. The molecule has 4 aliphatic carbocycles. The maximum atomic E-state index is 11.8. The summed E-state index contributed by atoms with van der Waals surface area (Å²) in [5, 5.41) is 11.7. The smallest absolute Gasteiger partial charge is 0.302 e. The Hall–Kier alpha value is -1.60. The maximum absolute atomic E-state index is 11.8. The highest BCUT2D eigenvalue weighted by Crippen LogP contribution is 2.80. The third-order valence-corrected chi connectivity index (χ3v) is 9.47. The quantitative estimate of drug-likeness (QED) is 0.449. The third-order valence-electron chi connectivity index (χ3n) is 7.97. The molecule has 142 valence electrons. The van der Waals surface area contributed by atoms with Crippen molar-refractivity contribution < 1.29 is 19.2 Å². The van der Waals surface area contributed by atoms with E-state index >= 15 is 0 Å². The minimum Gasteiger partial charge on any atom is -0.462 e. The first-order chi connectivity index (χ1) is 13.1. The van der Waals surface area contributed by atoms with Crippen LogP contribution in [0.3, 0.4) is 0 Å². The van der Waals surface area contributed by atoms with Crippen LogP contribution in [0.15, 0.2) is 29.2 Å². The van der Waals surface area contributed by atoms with Crippen LogP contribution in [0, 0.1) is 57.5 Å². The first-order valence-electron chi connectivity index (χ1n) is 9.73. The summed E-state index contributed by atoms with van der Waals surface area (Å²) < 4.78 is 11.7. The second-order valence-corrected chi connectivity index (χ2v) is 9.93. The fourth-order valence-corrected chi connectivity index (χ4v) is 9.27. The highest BCUT2D eigenvalue weighted by atomic mass is 32.2. The number of esters is 1. The number of nitrogens with zero attached hydrogens (tertiary/aromatic N) is 1. The lowest BCUT2D eigenvalue weighted by Gasteiger charge is -2.59. The van der Waals surface area contributed by atoms with Gasteiger partial charge in [0.15, 0.2) is 0 Å². The lowest BCUT2D eigenvalue weighted by Crippen LogP contribution is -2.61. The number of rotatable bonds is 4. The van der Waals surface area contributed by atoms with Crippen molar-refractivity contribution >= 4 is 23.4 Å². The van der Waals surface area contributed by atoms with Gasteiger partial charge in [-0.2, -0.15) is 0 Å². The summed E-state index contributed by atoms with van der Waals surface area (Å²) in [4.78, 5) is 23.6. The van der Waals surface area contributed by atoms with Crippen LogP contribution in [0.2, 0.25) is 0 Å². The molecule has 1 aromatic rings. The first-order valence-corrected chi connectivity index (χ1v) is 10.6. The van der Waals surface area contributed by atoms with Crippen molar-refractivity contribution in [3.8, 4) is 0 Å². The van der Waals surface area contributed by atoms with E-state index in [0.29, 0.717) is 52.6 Å². The van der Waals surface area contributed by atoms with Crippen molar-refractivity contribution in [2.45, 2.75) is 23.2 Å². The molecule has 0 amide bonds. The number of carbonyl (C=O) groups excluding carboxylic acids is 1. The van der Waals surface area contributed by atoms with Crippen LogP contribution in [-0.4, -0.2) is 35.5 Å². The molecule has 1 heterocycles. The highest BCUT2D eigenvalue weighted by Gasteiger charge is 2.81. The number of thioether (sulfide) groups is 1. The third kappa shape index (κ3) is 1.94. The second-order valence-electron chi connectivity index (χ2n) is 8.71. The Kier molecular flexibility index (Phi) is 3.32. The molecule has 10 atom stereocenters. The molecular weight excluding hydrogens is 366 g/mol. The van der Waals surface area contributed by atoms with E-state index in [1.54, 1.807) is 23.9 Å². The number of nitro benzene ring substituents is 1. The minimum atomic E-state index is -0.298. The summed E-state index contributed by atoms with van der Waals surface area (Å²) in [6, 6.07) is 7.00. The van der Waals surface area contributed by atoms with Gasteiger partial charge in [-0.15, -0.1) is 11.8 Å². The van der Waals surface area contributed by atoms with Crippen LogP contribution < -0.4 is 0 Å². The zero-order valence-electron chi connectivity index (χ0n) is 14.9. The average Bonchev–Trinajstić information content (AvgIpc) is 3.32. The molecule has 6 nitrogen and oxygen atoms in total. The molecule has 0 aromatic heterocycles. The van der Waals surface area contributed by atoms with Crippen molar-refractivity contribution in [3.63, 3.8) is 0 Å². The molecule has 7 heteroatoms. The lowest BCUT2D eigenvalue weighted by molar-refractivity contribution is -0.387. The van der Waals surface area contributed by atoms with E-state index in [0.717, 1.165) is 18.1 Å². The van der Waals surface area contributed by atoms with Gasteiger partial charge in [0, 0.05) is 30.1 Å². The summed E-state index contributed by atoms with van der Waals surface area (Å²) in [6.07, 6.45) is -0.0154. The number of para-hydroxylation sites is 1. The fraction of sp³-hybridized carbons (Fsp3) is 0.650. The molecule has 0 N–H and O–H groups in total. The van der Waals surface area contributed by atoms with Crippen molar-refractivity contribution in [1.82, 2.24) is 0 Å². The SMILES string of the molecule is CC(=O)OC1C2C(Sc3ccccc3[N+](=O)[O-])C3C4C5COCC5C(C14)C23. The highest BCUT2D eigenvalue weighted by molar-refractivity contribution is 8.00. The van der Waals surface area contributed by atoms with E-state index in [4.69, 9.17) is 9.47 Å². The van der Waals surface area contributed by atoms with Crippen LogP contribution >= 0.6 is 11.8 Å². The molecule has 1 saturated heterocycles. The molecule has 0 radical (unpaired) electrons. The molecular formula is C20H21NO5S. The average molecular weight is 387 g/mol. The van der Waals surface area contributed by atoms with Crippen molar-refractivity contribution in [3.05, 3.63) is 34.4 Å². The lowest BCUT2D eigenvalue weighted by atomic mass is 9.51. The normalized spacial score (nSPS) is 47.6. The van der Waals surface area contributed by atoms with Crippen LogP contribution in [0.25, 0.3) is 0 Å². The Labute approximate surface area is 161 Å². The van der Waals surface area contributed by atoms with Gasteiger partial charge in [0.2, 0.25) is 0 Å². The zero-order valence-corrected chi connectivity index (χ0v) is 15.7. The molecule has 10 unspecified atom stereocenters. The molecule has 6 rings (SSSR count). The molecule has 0 spiro atoms. The minimum absolute atomic E-state index is 0.0154. The van der Waals surface area contributed by atoms with Gasteiger partial charge in [-0.25, -0.2) is 0 Å². The Morgan fingerprint density at radius 2 is 1.81 bits per heavy atom. The number of carbonyl (C=O) groups is 1. The number of benzene rings is 1. The van der Waals surface area contributed by atoms with Crippen LogP contribution in [0.4, 0.5) is 5.69 Å². The summed E-state index contributed by atoms with van der Waals surface area (Å²) in [5.74, 6) is 4.16. The number of nitro groups is 1. The monoisotopic (exact) mass is 387 g/mol. The van der Waals surface area contributed by atoms with Gasteiger partial charge in [-0.1, -0.05) is 12.1 Å². The Balaban J connectivity index is 1.35. The zero-order chi connectivity index (χ0) is 18.4. The van der Waals surface area contributed by atoms with Crippen LogP contribution in [0.1, 0.15) is 6.92 Å². The van der Waals surface area contributed by atoms with Crippen molar-refractivity contribution in [2.75, 3.05) is 13.2 Å². The molecule has 1 aromatic carbocycles. The fourth-order valence-electron chi connectivity index (χ4n) is 7.55. The molecule has 5 fully saturated rings. The van der Waals surface area contributed by atoms with Gasteiger partial charge in [0.25, 0.3) is 5.69 Å². The van der Waals surface area contributed by atoms with Gasteiger partial charge >= 0.3 is 5.97 Å². The number of hydrogen-bond acceptors (Lipinski definition) is 6. The number of hydrogen-bond donors (Lipinski definition) is 0. The van der Waals surface area contributed by atoms with Crippen LogP contribution in [0.5, 0.6) is 0 Å². The van der Waals surface area contributed by atoms with E-state index in [1.807, 2.05) is 12.1 Å². The Morgan fingerprint density at radius 3 is 2.52 bits per heavy atom. The van der Waals surface area contributed by atoms with Crippen molar-refractivity contribution in [2.24, 2.45) is 47.3 Å². The molecule has 27 heavy (non-hydrogen) atoms. The van der Waals surface area contributed by atoms with E-state index in [9.17, 15) is 14.9 Å². The maximum Gasteiger partial charge on any atom is 0.302 e. The topological polar surface area (TPSA) is 78.7 Å². The molecule has 5 aliphatic rings. The van der Waals surface area contributed by atoms with Crippen LogP contribution in [-0.2, 0) is 14.3 Å². The molecule has 4 bridgehead atoms. The van der Waals surface area contributed by atoms with Gasteiger partial charge in [0.1, 0.15) is 6.10 Å². The van der Waals surface area contributed by atoms with Gasteiger partial charge in [-0.05, 0) is 41.6 Å². The van der Waals surface area contributed by atoms with Gasteiger partial charge in [-0.3, -0.25) is 14.9 Å². The van der Waals surface area contributed by atoms with E-state index < -0.39 is 0 Å².